The van der Waals surface area contributed by atoms with Crippen LogP contribution in [-0.4, -0.2) is 44.2 Å². The summed E-state index contributed by atoms with van der Waals surface area (Å²) in [5, 5.41) is 14.1. The van der Waals surface area contributed by atoms with Crippen molar-refractivity contribution < 1.29 is 14.4 Å². The average Bonchev–Trinajstić information content (AvgIpc) is 3.21. The zero-order valence-corrected chi connectivity index (χ0v) is 18.1. The standard InChI is InChI=1S/C22H23N5O3S/c1-15(28)20(11-17-7-4-3-5-8-17)25-21(30)13-31-22-26-23-14-27(22)19-10-6-9-18(12-19)24-16(2)29/h3-10,12,14,20H,11,13H2,1-2H3,(H,24,29)(H,25,30). The molecule has 0 aliphatic rings. The summed E-state index contributed by atoms with van der Waals surface area (Å²) in [6, 6.07) is 16.2. The number of hydrogen-bond donors (Lipinski definition) is 2. The molecule has 0 fully saturated rings. The Morgan fingerprint density at radius 3 is 2.55 bits per heavy atom. The van der Waals surface area contributed by atoms with Gasteiger partial charge in [0.1, 0.15) is 6.33 Å². The molecule has 160 valence electrons. The first kappa shape index (κ1) is 22.2. The third-order valence-corrected chi connectivity index (χ3v) is 5.35. The highest BCUT2D eigenvalue weighted by Gasteiger charge is 2.18. The van der Waals surface area contributed by atoms with Gasteiger partial charge in [-0.05, 0) is 37.1 Å². The molecule has 0 saturated heterocycles. The van der Waals surface area contributed by atoms with Crippen molar-refractivity contribution in [3.63, 3.8) is 0 Å². The van der Waals surface area contributed by atoms with Gasteiger partial charge in [0.15, 0.2) is 10.9 Å². The zero-order chi connectivity index (χ0) is 22.2. The second kappa shape index (κ2) is 10.5. The van der Waals surface area contributed by atoms with Gasteiger partial charge in [0, 0.05) is 12.6 Å². The van der Waals surface area contributed by atoms with E-state index in [9.17, 15) is 14.4 Å². The normalized spacial score (nSPS) is 11.5. The summed E-state index contributed by atoms with van der Waals surface area (Å²) in [5.74, 6) is -0.437. The van der Waals surface area contributed by atoms with Crippen molar-refractivity contribution in [2.75, 3.05) is 11.1 Å². The maximum Gasteiger partial charge on any atom is 0.231 e. The number of anilines is 1. The number of ketones is 1. The molecule has 1 unspecified atom stereocenters. The maximum absolute atomic E-state index is 12.5. The van der Waals surface area contributed by atoms with Gasteiger partial charge in [0.25, 0.3) is 0 Å². The number of nitrogens with one attached hydrogen (secondary N) is 2. The van der Waals surface area contributed by atoms with Crippen LogP contribution in [0.4, 0.5) is 5.69 Å². The lowest BCUT2D eigenvalue weighted by Crippen LogP contribution is -2.42. The number of benzene rings is 2. The van der Waals surface area contributed by atoms with Gasteiger partial charge >= 0.3 is 0 Å². The molecule has 2 aromatic carbocycles. The predicted octanol–water partition coefficient (Wildman–Crippen LogP) is 2.63. The van der Waals surface area contributed by atoms with Crippen molar-refractivity contribution in [3.05, 3.63) is 66.5 Å². The van der Waals surface area contributed by atoms with E-state index in [1.54, 1.807) is 23.0 Å². The molecule has 2 N–H and O–H groups in total. The number of carbonyl (C=O) groups is 3. The number of rotatable bonds is 9. The van der Waals surface area contributed by atoms with Crippen molar-refractivity contribution in [2.45, 2.75) is 31.5 Å². The van der Waals surface area contributed by atoms with Crippen molar-refractivity contribution in [2.24, 2.45) is 0 Å². The topological polar surface area (TPSA) is 106 Å². The number of thioether (sulfide) groups is 1. The van der Waals surface area contributed by atoms with Crippen LogP contribution in [0.2, 0.25) is 0 Å². The highest BCUT2D eigenvalue weighted by molar-refractivity contribution is 7.99. The summed E-state index contributed by atoms with van der Waals surface area (Å²) >= 11 is 1.22. The van der Waals surface area contributed by atoms with Crippen LogP contribution >= 0.6 is 11.8 Å². The molecule has 0 bridgehead atoms. The Morgan fingerprint density at radius 1 is 1.06 bits per heavy atom. The lowest BCUT2D eigenvalue weighted by atomic mass is 10.0. The monoisotopic (exact) mass is 437 g/mol. The zero-order valence-electron chi connectivity index (χ0n) is 17.2. The summed E-state index contributed by atoms with van der Waals surface area (Å²) in [6.07, 6.45) is 1.99. The summed E-state index contributed by atoms with van der Waals surface area (Å²) in [5.41, 5.74) is 2.39. The SMILES string of the molecule is CC(=O)Nc1cccc(-n2cnnc2SCC(=O)NC(Cc2ccccc2)C(C)=O)c1. The van der Waals surface area contributed by atoms with Crippen LogP contribution in [0.5, 0.6) is 0 Å². The van der Waals surface area contributed by atoms with Crippen molar-refractivity contribution in [1.82, 2.24) is 20.1 Å². The second-order valence-electron chi connectivity index (χ2n) is 6.92. The Hall–Kier alpha value is -3.46. The van der Waals surface area contributed by atoms with E-state index in [1.165, 1.54) is 25.6 Å². The molecule has 0 aliphatic heterocycles. The Bertz CT molecular complexity index is 1070. The largest absolute Gasteiger partial charge is 0.345 e. The number of hydrogen-bond acceptors (Lipinski definition) is 6. The molecule has 8 nitrogen and oxygen atoms in total. The van der Waals surface area contributed by atoms with Crippen LogP contribution < -0.4 is 10.6 Å². The fraction of sp³-hybridized carbons (Fsp3) is 0.227. The number of Topliss-reactive ketones (excluding diaryl/α,β-unsaturated/α-hetero) is 1. The Kier molecular flexibility index (Phi) is 7.55. The van der Waals surface area contributed by atoms with Crippen molar-refractivity contribution in [3.8, 4) is 5.69 Å². The van der Waals surface area contributed by atoms with Crippen LogP contribution in [0.25, 0.3) is 5.69 Å². The molecule has 31 heavy (non-hydrogen) atoms. The van der Waals surface area contributed by atoms with Gasteiger partial charge in [-0.25, -0.2) is 0 Å². The summed E-state index contributed by atoms with van der Waals surface area (Å²) in [6.45, 7) is 2.91. The van der Waals surface area contributed by atoms with Crippen LogP contribution in [0.3, 0.4) is 0 Å². The summed E-state index contributed by atoms with van der Waals surface area (Å²) in [7, 11) is 0. The molecule has 1 atom stereocenters. The molecule has 0 radical (unpaired) electrons. The first-order valence-electron chi connectivity index (χ1n) is 9.67. The average molecular weight is 438 g/mol. The maximum atomic E-state index is 12.5. The van der Waals surface area contributed by atoms with Crippen molar-refractivity contribution >= 4 is 35.0 Å². The Labute approximate surface area is 184 Å². The molecule has 9 heteroatoms. The van der Waals surface area contributed by atoms with E-state index in [4.69, 9.17) is 0 Å². The molecule has 1 aromatic heterocycles. The summed E-state index contributed by atoms with van der Waals surface area (Å²) < 4.78 is 1.73. The van der Waals surface area contributed by atoms with Crippen LogP contribution in [0, 0.1) is 0 Å². The van der Waals surface area contributed by atoms with Gasteiger partial charge in [-0.1, -0.05) is 48.2 Å². The first-order chi connectivity index (χ1) is 14.9. The van der Waals surface area contributed by atoms with E-state index in [-0.39, 0.29) is 23.4 Å². The molecular weight excluding hydrogens is 414 g/mol. The van der Waals surface area contributed by atoms with E-state index in [0.717, 1.165) is 11.3 Å². The lowest BCUT2D eigenvalue weighted by Gasteiger charge is -2.16. The van der Waals surface area contributed by atoms with Gasteiger partial charge in [-0.3, -0.25) is 19.0 Å². The molecule has 2 amide bonds. The Balaban J connectivity index is 1.63. The van der Waals surface area contributed by atoms with E-state index in [1.807, 2.05) is 42.5 Å². The van der Waals surface area contributed by atoms with Crippen LogP contribution in [0.15, 0.2) is 66.1 Å². The highest BCUT2D eigenvalue weighted by Crippen LogP contribution is 2.21. The molecular formula is C22H23N5O3S. The number of nitrogens with zero attached hydrogens (tertiary/aromatic N) is 3. The molecule has 1 heterocycles. The predicted molar refractivity (Wildman–Crippen MR) is 119 cm³/mol. The van der Waals surface area contributed by atoms with E-state index >= 15 is 0 Å². The number of aromatic nitrogens is 3. The smallest absolute Gasteiger partial charge is 0.231 e. The number of carbonyl (C=O) groups excluding carboxylic acids is 3. The Morgan fingerprint density at radius 2 is 1.84 bits per heavy atom. The fourth-order valence-corrected chi connectivity index (χ4v) is 3.69. The van der Waals surface area contributed by atoms with Gasteiger partial charge in [0.2, 0.25) is 11.8 Å². The van der Waals surface area contributed by atoms with Gasteiger partial charge in [-0.2, -0.15) is 0 Å². The van der Waals surface area contributed by atoms with Gasteiger partial charge in [0.05, 0.1) is 17.5 Å². The molecule has 3 aromatic rings. The van der Waals surface area contributed by atoms with E-state index in [0.29, 0.717) is 17.3 Å². The van der Waals surface area contributed by atoms with Crippen LogP contribution in [-0.2, 0) is 20.8 Å². The van der Waals surface area contributed by atoms with E-state index in [2.05, 4.69) is 20.8 Å². The third kappa shape index (κ3) is 6.51. The first-order valence-corrected chi connectivity index (χ1v) is 10.7. The van der Waals surface area contributed by atoms with Crippen LogP contribution in [0.1, 0.15) is 19.4 Å². The molecule has 0 spiro atoms. The molecule has 0 aliphatic carbocycles. The minimum Gasteiger partial charge on any atom is -0.345 e. The molecule has 3 rings (SSSR count). The number of amides is 2. The van der Waals surface area contributed by atoms with Gasteiger partial charge < -0.3 is 10.6 Å². The quantitative estimate of drug-likeness (QED) is 0.499. The second-order valence-corrected chi connectivity index (χ2v) is 7.87. The fourth-order valence-electron chi connectivity index (χ4n) is 2.95. The highest BCUT2D eigenvalue weighted by atomic mass is 32.2. The van der Waals surface area contributed by atoms with Crippen molar-refractivity contribution in [1.29, 1.82) is 0 Å². The minimum atomic E-state index is -0.581. The summed E-state index contributed by atoms with van der Waals surface area (Å²) in [4.78, 5) is 35.8. The third-order valence-electron chi connectivity index (χ3n) is 4.40. The lowest BCUT2D eigenvalue weighted by molar-refractivity contribution is -0.125. The molecule has 0 saturated carbocycles. The van der Waals surface area contributed by atoms with Gasteiger partial charge in [-0.15, -0.1) is 10.2 Å². The minimum absolute atomic E-state index is 0.0860. The van der Waals surface area contributed by atoms with E-state index < -0.39 is 6.04 Å².